The molecule has 1 aromatic heterocycles. The summed E-state index contributed by atoms with van der Waals surface area (Å²) in [5.74, 6) is 2.93. The van der Waals surface area contributed by atoms with Crippen molar-refractivity contribution in [2.75, 3.05) is 5.75 Å². The molecule has 0 bridgehead atoms. The van der Waals surface area contributed by atoms with Gasteiger partial charge in [-0.25, -0.2) is 0 Å². The largest absolute Gasteiger partial charge is 0.468 e. The second kappa shape index (κ2) is 4.20. The molecule has 1 heterocycles. The van der Waals surface area contributed by atoms with Crippen LogP contribution in [0.25, 0.3) is 0 Å². The van der Waals surface area contributed by atoms with E-state index in [0.717, 1.165) is 17.3 Å². The van der Waals surface area contributed by atoms with Crippen molar-refractivity contribution in [3.63, 3.8) is 0 Å². The van der Waals surface area contributed by atoms with Crippen molar-refractivity contribution in [1.29, 1.82) is 0 Å². The summed E-state index contributed by atoms with van der Waals surface area (Å²) in [7, 11) is 0. The normalized spacial score (nSPS) is 12.0. The van der Waals surface area contributed by atoms with Crippen molar-refractivity contribution >= 4 is 11.8 Å². The smallest absolute Gasteiger partial charge is 0.116 e. The molecule has 74 valence electrons. The molecule has 0 amide bonds. The third kappa shape index (κ3) is 3.87. The quantitative estimate of drug-likeness (QED) is 0.810. The molecule has 0 spiro atoms. The minimum Gasteiger partial charge on any atom is -0.468 e. The number of hydrogen-bond acceptors (Lipinski definition) is 3. The van der Waals surface area contributed by atoms with E-state index in [4.69, 9.17) is 10.2 Å². The van der Waals surface area contributed by atoms with Gasteiger partial charge < -0.3 is 10.2 Å². The average Bonchev–Trinajstić information content (AvgIpc) is 2.34. The van der Waals surface area contributed by atoms with Crippen molar-refractivity contribution < 1.29 is 4.42 Å². The highest BCUT2D eigenvalue weighted by molar-refractivity contribution is 7.98. The maximum atomic E-state index is 5.86. The van der Waals surface area contributed by atoms with Gasteiger partial charge in [-0.3, -0.25) is 0 Å². The zero-order chi connectivity index (χ0) is 9.90. The van der Waals surface area contributed by atoms with E-state index in [1.54, 1.807) is 6.26 Å². The molecule has 0 unspecified atom stereocenters. The molecule has 2 nitrogen and oxygen atoms in total. The number of thioether (sulfide) groups is 1. The molecule has 0 aromatic carbocycles. The first-order chi connectivity index (χ1) is 5.99. The monoisotopic (exact) mass is 199 g/mol. The van der Waals surface area contributed by atoms with Crippen LogP contribution in [-0.4, -0.2) is 11.3 Å². The standard InChI is InChI=1S/C10H17NOS/c1-8-4-5-12-9(8)6-13-7-10(2,3)11/h4-5H,6-7,11H2,1-3H3. The molecule has 0 aliphatic rings. The van der Waals surface area contributed by atoms with Crippen molar-refractivity contribution in [3.05, 3.63) is 23.7 Å². The Balaban J connectivity index is 2.32. The van der Waals surface area contributed by atoms with E-state index in [1.807, 2.05) is 31.7 Å². The first-order valence-corrected chi connectivity index (χ1v) is 5.54. The van der Waals surface area contributed by atoms with Gasteiger partial charge in [0.25, 0.3) is 0 Å². The third-order valence-electron chi connectivity index (χ3n) is 1.68. The van der Waals surface area contributed by atoms with Crippen LogP contribution < -0.4 is 5.73 Å². The first kappa shape index (κ1) is 10.7. The molecule has 0 saturated heterocycles. The Hall–Kier alpha value is -0.410. The highest BCUT2D eigenvalue weighted by atomic mass is 32.2. The van der Waals surface area contributed by atoms with Gasteiger partial charge in [-0.1, -0.05) is 0 Å². The molecule has 2 N–H and O–H groups in total. The maximum absolute atomic E-state index is 5.86. The molecule has 0 radical (unpaired) electrons. The lowest BCUT2D eigenvalue weighted by Gasteiger charge is -2.16. The summed E-state index contributed by atoms with van der Waals surface area (Å²) in [4.78, 5) is 0. The third-order valence-corrected chi connectivity index (χ3v) is 3.09. The number of nitrogens with two attached hydrogens (primary N) is 1. The molecule has 3 heteroatoms. The summed E-state index contributed by atoms with van der Waals surface area (Å²) in [6.07, 6.45) is 1.73. The van der Waals surface area contributed by atoms with Crippen LogP contribution in [0.2, 0.25) is 0 Å². The van der Waals surface area contributed by atoms with E-state index >= 15 is 0 Å². The fourth-order valence-corrected chi connectivity index (χ4v) is 2.07. The van der Waals surface area contributed by atoms with Crippen LogP contribution in [-0.2, 0) is 5.75 Å². The van der Waals surface area contributed by atoms with Crippen molar-refractivity contribution in [2.45, 2.75) is 32.1 Å². The minimum atomic E-state index is -0.0921. The number of rotatable bonds is 4. The second-order valence-corrected chi connectivity index (χ2v) is 4.99. The maximum Gasteiger partial charge on any atom is 0.116 e. The van der Waals surface area contributed by atoms with Crippen molar-refractivity contribution in [3.8, 4) is 0 Å². The van der Waals surface area contributed by atoms with Gasteiger partial charge in [0.1, 0.15) is 5.76 Å². The van der Waals surface area contributed by atoms with Gasteiger partial charge in [-0.2, -0.15) is 11.8 Å². The molecular formula is C10H17NOS. The summed E-state index contributed by atoms with van der Waals surface area (Å²) in [5.41, 5.74) is 6.99. The zero-order valence-corrected chi connectivity index (χ0v) is 9.28. The van der Waals surface area contributed by atoms with E-state index in [2.05, 4.69) is 6.92 Å². The summed E-state index contributed by atoms with van der Waals surface area (Å²) >= 11 is 1.81. The highest BCUT2D eigenvalue weighted by Gasteiger charge is 2.11. The Bertz CT molecular complexity index is 262. The highest BCUT2D eigenvalue weighted by Crippen LogP contribution is 2.19. The second-order valence-electron chi connectivity index (χ2n) is 4.01. The molecule has 0 fully saturated rings. The van der Waals surface area contributed by atoms with Crippen molar-refractivity contribution in [2.24, 2.45) is 5.73 Å². The van der Waals surface area contributed by atoms with Crippen molar-refractivity contribution in [1.82, 2.24) is 0 Å². The van der Waals surface area contributed by atoms with Gasteiger partial charge in [-0.15, -0.1) is 0 Å². The lowest BCUT2D eigenvalue weighted by molar-refractivity contribution is 0.527. The zero-order valence-electron chi connectivity index (χ0n) is 8.46. The summed E-state index contributed by atoms with van der Waals surface area (Å²) in [6, 6.07) is 1.99. The Morgan fingerprint density at radius 1 is 1.54 bits per heavy atom. The van der Waals surface area contributed by atoms with Crippen LogP contribution in [0, 0.1) is 6.92 Å². The van der Waals surface area contributed by atoms with Gasteiger partial charge in [0, 0.05) is 11.3 Å². The van der Waals surface area contributed by atoms with Gasteiger partial charge in [-0.05, 0) is 32.4 Å². The van der Waals surface area contributed by atoms with Crippen LogP contribution in [0.15, 0.2) is 16.7 Å². The first-order valence-electron chi connectivity index (χ1n) is 4.38. The molecule has 13 heavy (non-hydrogen) atoms. The molecular weight excluding hydrogens is 182 g/mol. The van der Waals surface area contributed by atoms with E-state index in [9.17, 15) is 0 Å². The van der Waals surface area contributed by atoms with Gasteiger partial charge >= 0.3 is 0 Å². The van der Waals surface area contributed by atoms with E-state index in [1.165, 1.54) is 5.56 Å². The van der Waals surface area contributed by atoms with Gasteiger partial charge in [0.2, 0.25) is 0 Å². The summed E-state index contributed by atoms with van der Waals surface area (Å²) < 4.78 is 5.32. The Morgan fingerprint density at radius 2 is 2.23 bits per heavy atom. The van der Waals surface area contributed by atoms with E-state index < -0.39 is 0 Å². The number of furan rings is 1. The molecule has 0 aliphatic heterocycles. The molecule has 1 aromatic rings. The van der Waals surface area contributed by atoms with E-state index in [0.29, 0.717) is 0 Å². The summed E-state index contributed by atoms with van der Waals surface area (Å²) in [6.45, 7) is 6.14. The molecule has 0 saturated carbocycles. The Kier molecular flexibility index (Phi) is 3.45. The van der Waals surface area contributed by atoms with Crippen LogP contribution in [0.3, 0.4) is 0 Å². The van der Waals surface area contributed by atoms with Crippen LogP contribution in [0.1, 0.15) is 25.2 Å². The lowest BCUT2D eigenvalue weighted by Crippen LogP contribution is -2.34. The molecule has 0 atom stereocenters. The fraction of sp³-hybridized carbons (Fsp3) is 0.600. The number of aryl methyl sites for hydroxylation is 1. The molecule has 0 aliphatic carbocycles. The van der Waals surface area contributed by atoms with Crippen LogP contribution in [0.5, 0.6) is 0 Å². The number of hydrogen-bond donors (Lipinski definition) is 1. The van der Waals surface area contributed by atoms with Crippen LogP contribution in [0.4, 0.5) is 0 Å². The molecule has 1 rings (SSSR count). The van der Waals surface area contributed by atoms with Crippen LogP contribution >= 0.6 is 11.8 Å². The van der Waals surface area contributed by atoms with E-state index in [-0.39, 0.29) is 5.54 Å². The predicted octanol–water partition coefficient (Wildman–Crippen LogP) is 2.56. The Labute approximate surface area is 83.9 Å². The average molecular weight is 199 g/mol. The van der Waals surface area contributed by atoms with Gasteiger partial charge in [0.15, 0.2) is 0 Å². The van der Waals surface area contributed by atoms with Gasteiger partial charge in [0.05, 0.1) is 12.0 Å². The lowest BCUT2D eigenvalue weighted by atomic mass is 10.1. The fourth-order valence-electron chi connectivity index (χ4n) is 0.959. The summed E-state index contributed by atoms with van der Waals surface area (Å²) in [5, 5.41) is 0. The minimum absolute atomic E-state index is 0.0921. The topological polar surface area (TPSA) is 39.2 Å². The SMILES string of the molecule is Cc1ccoc1CSCC(C)(C)N. The Morgan fingerprint density at radius 3 is 2.69 bits per heavy atom. The predicted molar refractivity (Wildman–Crippen MR) is 57.9 cm³/mol.